The van der Waals surface area contributed by atoms with E-state index in [1.165, 1.54) is 26.2 Å². The van der Waals surface area contributed by atoms with Gasteiger partial charge in [0.25, 0.3) is 5.91 Å². The summed E-state index contributed by atoms with van der Waals surface area (Å²) in [4.78, 5) is 22.9. The summed E-state index contributed by atoms with van der Waals surface area (Å²) in [5.74, 6) is -0.476. The summed E-state index contributed by atoms with van der Waals surface area (Å²) in [5.41, 5.74) is 5.20. The lowest BCUT2D eigenvalue weighted by molar-refractivity contribution is -0.125. The summed E-state index contributed by atoms with van der Waals surface area (Å²) in [7, 11) is 1.44. The Morgan fingerprint density at radius 2 is 1.91 bits per heavy atom. The third-order valence-corrected chi connectivity index (χ3v) is 2.99. The van der Waals surface area contributed by atoms with Crippen LogP contribution in [0.2, 0.25) is 5.02 Å². The molecule has 0 saturated carbocycles. The molecule has 1 rings (SSSR count). The standard InChI is InChI=1S/C15H20ClNO5/c1-8(2)7-21-13-11(16)5-10(6-12(13)20-4)15(19)22-9(3)14(17)18/h5-6,8-9H,7H2,1-4H3,(H2,17,18). The highest BCUT2D eigenvalue weighted by molar-refractivity contribution is 6.32. The molecule has 0 aromatic heterocycles. The zero-order valence-electron chi connectivity index (χ0n) is 13.0. The van der Waals surface area contributed by atoms with Crippen molar-refractivity contribution in [2.75, 3.05) is 13.7 Å². The SMILES string of the molecule is COc1cc(C(=O)OC(C)C(N)=O)cc(Cl)c1OCC(C)C. The van der Waals surface area contributed by atoms with Gasteiger partial charge in [-0.05, 0) is 25.0 Å². The number of amides is 1. The molecule has 0 radical (unpaired) electrons. The molecule has 0 bridgehead atoms. The first-order valence-corrected chi connectivity index (χ1v) is 7.14. The van der Waals surface area contributed by atoms with Gasteiger partial charge in [0.1, 0.15) is 0 Å². The van der Waals surface area contributed by atoms with Crippen molar-refractivity contribution in [3.63, 3.8) is 0 Å². The summed E-state index contributed by atoms with van der Waals surface area (Å²) in [6, 6.07) is 2.84. The van der Waals surface area contributed by atoms with Crippen LogP contribution in [0.4, 0.5) is 0 Å². The predicted octanol–water partition coefficient (Wildman–Crippen LogP) is 2.41. The molecule has 22 heavy (non-hydrogen) atoms. The molecule has 0 aliphatic rings. The third kappa shape index (κ3) is 4.80. The topological polar surface area (TPSA) is 87.9 Å². The maximum atomic E-state index is 12.0. The van der Waals surface area contributed by atoms with E-state index in [1.54, 1.807) is 0 Å². The van der Waals surface area contributed by atoms with Crippen LogP contribution in [0.15, 0.2) is 12.1 Å². The Labute approximate surface area is 134 Å². The van der Waals surface area contributed by atoms with Crippen LogP contribution in [0.3, 0.4) is 0 Å². The second-order valence-electron chi connectivity index (χ2n) is 5.14. The Balaban J connectivity index is 3.02. The molecule has 0 aliphatic heterocycles. The molecule has 1 aromatic carbocycles. The van der Waals surface area contributed by atoms with E-state index in [-0.39, 0.29) is 10.6 Å². The minimum absolute atomic E-state index is 0.145. The minimum Gasteiger partial charge on any atom is -0.493 e. The van der Waals surface area contributed by atoms with E-state index in [1.807, 2.05) is 13.8 Å². The Bertz CT molecular complexity index is 559. The number of methoxy groups -OCH3 is 1. The fourth-order valence-corrected chi connectivity index (χ4v) is 1.78. The monoisotopic (exact) mass is 329 g/mol. The highest BCUT2D eigenvalue weighted by atomic mass is 35.5. The number of hydrogen-bond acceptors (Lipinski definition) is 5. The normalized spacial score (nSPS) is 11.9. The van der Waals surface area contributed by atoms with Crippen molar-refractivity contribution < 1.29 is 23.8 Å². The van der Waals surface area contributed by atoms with E-state index in [4.69, 9.17) is 31.5 Å². The first-order chi connectivity index (χ1) is 10.3. The number of hydrogen-bond donors (Lipinski definition) is 1. The number of halogens is 1. The molecule has 0 spiro atoms. The number of esters is 1. The molecule has 1 amide bonds. The smallest absolute Gasteiger partial charge is 0.339 e. The van der Waals surface area contributed by atoms with Crippen molar-refractivity contribution >= 4 is 23.5 Å². The van der Waals surface area contributed by atoms with Gasteiger partial charge >= 0.3 is 5.97 Å². The van der Waals surface area contributed by atoms with Crippen molar-refractivity contribution in [1.82, 2.24) is 0 Å². The van der Waals surface area contributed by atoms with Crippen LogP contribution in [0.25, 0.3) is 0 Å². The van der Waals surface area contributed by atoms with Gasteiger partial charge in [-0.2, -0.15) is 0 Å². The average Bonchev–Trinajstić information content (AvgIpc) is 2.44. The lowest BCUT2D eigenvalue weighted by Gasteiger charge is -2.16. The summed E-state index contributed by atoms with van der Waals surface area (Å²) in [6.45, 7) is 5.84. The Morgan fingerprint density at radius 3 is 2.41 bits per heavy atom. The summed E-state index contributed by atoms with van der Waals surface area (Å²) in [6.07, 6.45) is -1.03. The van der Waals surface area contributed by atoms with Crippen LogP contribution in [0.1, 0.15) is 31.1 Å². The fraction of sp³-hybridized carbons (Fsp3) is 0.467. The van der Waals surface area contributed by atoms with Gasteiger partial charge < -0.3 is 19.9 Å². The molecule has 0 saturated heterocycles. The molecule has 2 N–H and O–H groups in total. The first-order valence-electron chi connectivity index (χ1n) is 6.76. The van der Waals surface area contributed by atoms with Crippen molar-refractivity contribution in [1.29, 1.82) is 0 Å². The van der Waals surface area contributed by atoms with Crippen LogP contribution < -0.4 is 15.2 Å². The molecule has 0 heterocycles. The number of primary amides is 1. The van der Waals surface area contributed by atoms with Crippen LogP contribution in [0.5, 0.6) is 11.5 Å². The van der Waals surface area contributed by atoms with Gasteiger partial charge in [0.15, 0.2) is 17.6 Å². The minimum atomic E-state index is -1.03. The predicted molar refractivity (Wildman–Crippen MR) is 82.4 cm³/mol. The van der Waals surface area contributed by atoms with E-state index in [0.717, 1.165) is 0 Å². The number of benzene rings is 1. The van der Waals surface area contributed by atoms with Crippen molar-refractivity contribution in [2.24, 2.45) is 11.7 Å². The number of ether oxygens (including phenoxy) is 3. The largest absolute Gasteiger partial charge is 0.493 e. The summed E-state index contributed by atoms with van der Waals surface area (Å²) in [5, 5.41) is 0.221. The van der Waals surface area contributed by atoms with E-state index in [2.05, 4.69) is 0 Å². The van der Waals surface area contributed by atoms with Gasteiger partial charge in [-0.1, -0.05) is 25.4 Å². The molecule has 1 unspecified atom stereocenters. The van der Waals surface area contributed by atoms with Crippen LogP contribution in [0, 0.1) is 5.92 Å². The van der Waals surface area contributed by atoms with Gasteiger partial charge in [-0.3, -0.25) is 4.79 Å². The molecule has 0 aliphatic carbocycles. The van der Waals surface area contributed by atoms with Crippen molar-refractivity contribution in [3.8, 4) is 11.5 Å². The Kier molecular flexibility index (Phi) is 6.49. The number of nitrogens with two attached hydrogens (primary N) is 1. The Morgan fingerprint density at radius 1 is 1.27 bits per heavy atom. The second kappa shape index (κ2) is 7.89. The maximum Gasteiger partial charge on any atom is 0.339 e. The molecule has 7 heteroatoms. The summed E-state index contributed by atoms with van der Waals surface area (Å²) >= 11 is 6.14. The maximum absolute atomic E-state index is 12.0. The molecular weight excluding hydrogens is 310 g/mol. The molecule has 122 valence electrons. The van der Waals surface area contributed by atoms with Crippen molar-refractivity contribution in [3.05, 3.63) is 22.7 Å². The van der Waals surface area contributed by atoms with Gasteiger partial charge in [0, 0.05) is 0 Å². The number of carbonyl (C=O) groups is 2. The molecule has 1 atom stereocenters. The van der Waals surface area contributed by atoms with Gasteiger partial charge in [-0.25, -0.2) is 4.79 Å². The third-order valence-electron chi connectivity index (χ3n) is 2.71. The molecular formula is C15H20ClNO5. The summed E-state index contributed by atoms with van der Waals surface area (Å²) < 4.78 is 15.7. The quantitative estimate of drug-likeness (QED) is 0.776. The number of carbonyl (C=O) groups excluding carboxylic acids is 2. The second-order valence-corrected chi connectivity index (χ2v) is 5.55. The lowest BCUT2D eigenvalue weighted by Crippen LogP contribution is -2.30. The number of rotatable bonds is 7. The fourth-order valence-electron chi connectivity index (χ4n) is 1.51. The van der Waals surface area contributed by atoms with Crippen LogP contribution in [-0.4, -0.2) is 31.7 Å². The van der Waals surface area contributed by atoms with E-state index in [0.29, 0.717) is 24.0 Å². The highest BCUT2D eigenvalue weighted by Crippen LogP contribution is 2.37. The van der Waals surface area contributed by atoms with Crippen molar-refractivity contribution in [2.45, 2.75) is 26.9 Å². The van der Waals surface area contributed by atoms with Crippen LogP contribution in [-0.2, 0) is 9.53 Å². The zero-order valence-corrected chi connectivity index (χ0v) is 13.8. The molecule has 6 nitrogen and oxygen atoms in total. The van der Waals surface area contributed by atoms with E-state index >= 15 is 0 Å². The van der Waals surface area contributed by atoms with Crippen LogP contribution >= 0.6 is 11.6 Å². The Hall–Kier alpha value is -1.95. The van der Waals surface area contributed by atoms with E-state index < -0.39 is 18.0 Å². The zero-order chi connectivity index (χ0) is 16.9. The molecule has 0 fully saturated rings. The first kappa shape index (κ1) is 18.1. The van der Waals surface area contributed by atoms with Gasteiger partial charge in [0.05, 0.1) is 24.3 Å². The van der Waals surface area contributed by atoms with Gasteiger partial charge in [0.2, 0.25) is 0 Å². The van der Waals surface area contributed by atoms with E-state index in [9.17, 15) is 9.59 Å². The lowest BCUT2D eigenvalue weighted by atomic mass is 10.2. The van der Waals surface area contributed by atoms with Gasteiger partial charge in [-0.15, -0.1) is 0 Å². The highest BCUT2D eigenvalue weighted by Gasteiger charge is 2.20. The molecule has 1 aromatic rings. The average molecular weight is 330 g/mol.